The standard InChI is InChI=1S/C24H27N3O2/c28-21-11-10-19-15-27(24(29)17-6-2-1-3-7-17)20(14-26(19)16-21)12-18-13-25-23-9-5-4-8-22(18)23/h1-9,13,19-21,25,28H,10-12,14-16H2/t19-,20-,21+/m1/s1. The number of hydrogen-bond acceptors (Lipinski definition) is 3. The average molecular weight is 389 g/mol. The van der Waals surface area contributed by atoms with Crippen LogP contribution in [0.1, 0.15) is 28.8 Å². The average Bonchev–Trinajstić information content (AvgIpc) is 3.16. The van der Waals surface area contributed by atoms with Gasteiger partial charge in [-0.3, -0.25) is 9.69 Å². The Bertz CT molecular complexity index is 1000. The van der Waals surface area contributed by atoms with E-state index >= 15 is 0 Å². The van der Waals surface area contributed by atoms with E-state index in [0.717, 1.165) is 43.4 Å². The number of rotatable bonds is 3. The van der Waals surface area contributed by atoms with Crippen molar-refractivity contribution in [3.63, 3.8) is 0 Å². The normalized spacial score (nSPS) is 25.1. The number of nitrogens with zero attached hydrogens (tertiary/aromatic N) is 2. The van der Waals surface area contributed by atoms with Crippen molar-refractivity contribution in [3.8, 4) is 0 Å². The van der Waals surface area contributed by atoms with Crippen molar-refractivity contribution in [1.82, 2.24) is 14.8 Å². The van der Waals surface area contributed by atoms with Crippen molar-refractivity contribution >= 4 is 16.8 Å². The lowest BCUT2D eigenvalue weighted by molar-refractivity contribution is -0.0254. The van der Waals surface area contributed by atoms with Crippen LogP contribution in [0.4, 0.5) is 0 Å². The van der Waals surface area contributed by atoms with Gasteiger partial charge in [0.15, 0.2) is 0 Å². The van der Waals surface area contributed by atoms with Crippen molar-refractivity contribution in [2.24, 2.45) is 0 Å². The lowest BCUT2D eigenvalue weighted by Gasteiger charge is -2.49. The summed E-state index contributed by atoms with van der Waals surface area (Å²) in [5.74, 6) is 0.112. The second-order valence-corrected chi connectivity index (χ2v) is 8.38. The molecule has 0 spiro atoms. The minimum absolute atomic E-state index is 0.0865. The second kappa shape index (κ2) is 7.65. The summed E-state index contributed by atoms with van der Waals surface area (Å²) < 4.78 is 0. The number of piperazine rings is 1. The number of H-pyrrole nitrogens is 1. The van der Waals surface area contributed by atoms with Crippen LogP contribution in [-0.4, -0.2) is 63.6 Å². The first kappa shape index (κ1) is 18.4. The summed E-state index contributed by atoms with van der Waals surface area (Å²) >= 11 is 0. The molecule has 3 heterocycles. The molecule has 0 radical (unpaired) electrons. The van der Waals surface area contributed by atoms with Gasteiger partial charge < -0.3 is 15.0 Å². The van der Waals surface area contributed by atoms with Crippen LogP contribution in [0.2, 0.25) is 0 Å². The van der Waals surface area contributed by atoms with Crippen LogP contribution in [0.5, 0.6) is 0 Å². The van der Waals surface area contributed by atoms with Crippen molar-refractivity contribution in [1.29, 1.82) is 0 Å². The zero-order chi connectivity index (χ0) is 19.8. The third-order valence-corrected chi connectivity index (χ3v) is 6.50. The molecule has 5 rings (SSSR count). The smallest absolute Gasteiger partial charge is 0.254 e. The first-order valence-electron chi connectivity index (χ1n) is 10.5. The Morgan fingerprint density at radius 3 is 2.66 bits per heavy atom. The number of carbonyl (C=O) groups excluding carboxylic acids is 1. The van der Waals surface area contributed by atoms with Gasteiger partial charge in [-0.1, -0.05) is 36.4 Å². The number of benzene rings is 2. The number of hydrogen-bond donors (Lipinski definition) is 2. The molecule has 5 nitrogen and oxygen atoms in total. The monoisotopic (exact) mass is 389 g/mol. The molecule has 2 aliphatic heterocycles. The maximum absolute atomic E-state index is 13.4. The Labute approximate surface area is 170 Å². The van der Waals surface area contributed by atoms with Gasteiger partial charge in [0.1, 0.15) is 0 Å². The number of aliphatic hydroxyl groups excluding tert-OH is 1. The number of aromatic nitrogens is 1. The van der Waals surface area contributed by atoms with Gasteiger partial charge in [-0.15, -0.1) is 0 Å². The van der Waals surface area contributed by atoms with Gasteiger partial charge in [0.2, 0.25) is 0 Å². The predicted molar refractivity (Wildman–Crippen MR) is 114 cm³/mol. The number of piperidine rings is 1. The molecule has 5 heteroatoms. The molecule has 150 valence electrons. The van der Waals surface area contributed by atoms with Crippen molar-refractivity contribution < 1.29 is 9.90 Å². The molecule has 0 aliphatic carbocycles. The molecule has 0 bridgehead atoms. The molecule has 2 fully saturated rings. The lowest BCUT2D eigenvalue weighted by Crippen LogP contribution is -2.63. The SMILES string of the molecule is O=C(c1ccccc1)N1C[C@H]2CC[C@H](O)CN2C[C@H]1Cc1c[nH]c2ccccc12. The summed E-state index contributed by atoms with van der Waals surface area (Å²) in [6, 6.07) is 18.4. The van der Waals surface area contributed by atoms with E-state index in [1.807, 2.05) is 36.4 Å². The highest BCUT2D eigenvalue weighted by Crippen LogP contribution is 2.29. The Morgan fingerprint density at radius 2 is 1.79 bits per heavy atom. The summed E-state index contributed by atoms with van der Waals surface area (Å²) in [6.45, 7) is 2.25. The third-order valence-electron chi connectivity index (χ3n) is 6.50. The number of aliphatic hydroxyl groups is 1. The fourth-order valence-electron chi connectivity index (χ4n) is 4.98. The lowest BCUT2D eigenvalue weighted by atomic mass is 9.92. The van der Waals surface area contributed by atoms with Crippen molar-refractivity contribution in [2.75, 3.05) is 19.6 Å². The number of amides is 1. The highest BCUT2D eigenvalue weighted by Gasteiger charge is 2.39. The van der Waals surface area contributed by atoms with Gasteiger partial charge in [-0.2, -0.15) is 0 Å². The van der Waals surface area contributed by atoms with Crippen LogP contribution in [-0.2, 0) is 6.42 Å². The van der Waals surface area contributed by atoms with E-state index in [9.17, 15) is 9.90 Å². The van der Waals surface area contributed by atoms with E-state index in [4.69, 9.17) is 0 Å². The fourth-order valence-corrected chi connectivity index (χ4v) is 4.98. The van der Waals surface area contributed by atoms with Gasteiger partial charge in [-0.25, -0.2) is 0 Å². The minimum Gasteiger partial charge on any atom is -0.392 e. The fraction of sp³-hybridized carbons (Fsp3) is 0.375. The molecule has 3 aromatic rings. The van der Waals surface area contributed by atoms with Gasteiger partial charge in [0.05, 0.1) is 6.10 Å². The van der Waals surface area contributed by atoms with Gasteiger partial charge >= 0.3 is 0 Å². The molecule has 29 heavy (non-hydrogen) atoms. The van der Waals surface area contributed by atoms with E-state index in [0.29, 0.717) is 12.6 Å². The van der Waals surface area contributed by atoms with Gasteiger partial charge in [0.25, 0.3) is 5.91 Å². The number of fused-ring (bicyclic) bond motifs is 2. The van der Waals surface area contributed by atoms with Crippen LogP contribution in [0.3, 0.4) is 0 Å². The molecule has 0 saturated carbocycles. The number of carbonyl (C=O) groups is 1. The maximum atomic E-state index is 13.4. The molecule has 2 N–H and O–H groups in total. The molecule has 0 unspecified atom stereocenters. The first-order valence-corrected chi connectivity index (χ1v) is 10.5. The largest absolute Gasteiger partial charge is 0.392 e. The molecule has 2 saturated heterocycles. The van der Waals surface area contributed by atoms with Gasteiger partial charge in [0, 0.05) is 54.4 Å². The zero-order valence-corrected chi connectivity index (χ0v) is 16.5. The molecule has 2 aromatic carbocycles. The molecular weight excluding hydrogens is 362 g/mol. The Kier molecular flexibility index (Phi) is 4.86. The van der Waals surface area contributed by atoms with Crippen molar-refractivity contribution in [2.45, 2.75) is 37.5 Å². The number of aromatic amines is 1. The van der Waals surface area contributed by atoms with E-state index in [1.165, 1.54) is 10.9 Å². The molecule has 1 amide bonds. The number of para-hydroxylation sites is 1. The number of nitrogens with one attached hydrogen (secondary N) is 1. The van der Waals surface area contributed by atoms with Crippen molar-refractivity contribution in [3.05, 3.63) is 71.9 Å². The van der Waals surface area contributed by atoms with Crippen LogP contribution in [0.15, 0.2) is 60.8 Å². The highest BCUT2D eigenvalue weighted by atomic mass is 16.3. The molecule has 1 aromatic heterocycles. The van der Waals surface area contributed by atoms with Crippen LogP contribution in [0, 0.1) is 0 Å². The highest BCUT2D eigenvalue weighted by molar-refractivity contribution is 5.94. The summed E-state index contributed by atoms with van der Waals surface area (Å²) in [4.78, 5) is 21.2. The maximum Gasteiger partial charge on any atom is 0.254 e. The molecule has 2 aliphatic rings. The van der Waals surface area contributed by atoms with E-state index < -0.39 is 0 Å². The minimum atomic E-state index is -0.253. The Morgan fingerprint density at radius 1 is 1.00 bits per heavy atom. The second-order valence-electron chi connectivity index (χ2n) is 8.38. The van der Waals surface area contributed by atoms with E-state index in [-0.39, 0.29) is 18.1 Å². The van der Waals surface area contributed by atoms with Crippen LogP contribution in [0.25, 0.3) is 10.9 Å². The summed E-state index contributed by atoms with van der Waals surface area (Å²) in [6.07, 6.45) is 4.40. The van der Waals surface area contributed by atoms with E-state index in [2.05, 4.69) is 39.2 Å². The van der Waals surface area contributed by atoms with Crippen LogP contribution < -0.4 is 0 Å². The first-order chi connectivity index (χ1) is 14.2. The van der Waals surface area contributed by atoms with Crippen LogP contribution >= 0.6 is 0 Å². The Balaban J connectivity index is 1.45. The Hall–Kier alpha value is -2.63. The summed E-state index contributed by atoms with van der Waals surface area (Å²) in [5.41, 5.74) is 3.12. The summed E-state index contributed by atoms with van der Waals surface area (Å²) in [7, 11) is 0. The van der Waals surface area contributed by atoms with Gasteiger partial charge in [-0.05, 0) is 43.0 Å². The third kappa shape index (κ3) is 3.56. The molecule has 3 atom stereocenters. The topological polar surface area (TPSA) is 59.6 Å². The zero-order valence-electron chi connectivity index (χ0n) is 16.5. The predicted octanol–water partition coefficient (Wildman–Crippen LogP) is 3.06. The van der Waals surface area contributed by atoms with E-state index in [1.54, 1.807) is 0 Å². The quantitative estimate of drug-likeness (QED) is 0.724. The summed E-state index contributed by atoms with van der Waals surface area (Å²) in [5, 5.41) is 11.4. The molecular formula is C24H27N3O2.